The molecule has 0 bridgehead atoms. The summed E-state index contributed by atoms with van der Waals surface area (Å²) in [5.41, 5.74) is 1.18. The standard InChI is InChI=1S/C19H15NO4/c20-13-16(11-15-8-9-17(21)18(22)12-15)19(23)24-10-4-7-14-5-2-1-3-6-14/h1-9,11-12,21-22H,10H2/b7-4-,16-11-. The number of hydrogen-bond acceptors (Lipinski definition) is 5. The molecule has 0 aliphatic carbocycles. The fourth-order valence-electron chi connectivity index (χ4n) is 1.88. The molecule has 2 aromatic rings. The van der Waals surface area contributed by atoms with E-state index in [9.17, 15) is 15.0 Å². The zero-order valence-electron chi connectivity index (χ0n) is 12.7. The lowest BCUT2D eigenvalue weighted by atomic mass is 10.1. The van der Waals surface area contributed by atoms with Crippen LogP contribution in [0.4, 0.5) is 0 Å². The monoisotopic (exact) mass is 321 g/mol. The maximum Gasteiger partial charge on any atom is 0.349 e. The Morgan fingerprint density at radius 3 is 2.50 bits per heavy atom. The predicted molar refractivity (Wildman–Crippen MR) is 89.8 cm³/mol. The van der Waals surface area contributed by atoms with Crippen LogP contribution in [-0.2, 0) is 9.53 Å². The van der Waals surface area contributed by atoms with Gasteiger partial charge >= 0.3 is 5.97 Å². The van der Waals surface area contributed by atoms with Crippen molar-refractivity contribution in [1.29, 1.82) is 5.26 Å². The van der Waals surface area contributed by atoms with Crippen LogP contribution in [0, 0.1) is 11.3 Å². The van der Waals surface area contributed by atoms with Crippen molar-refractivity contribution in [2.24, 2.45) is 0 Å². The van der Waals surface area contributed by atoms with E-state index in [1.54, 1.807) is 18.2 Å². The first-order valence-electron chi connectivity index (χ1n) is 7.12. The topological polar surface area (TPSA) is 90.5 Å². The van der Waals surface area contributed by atoms with Crippen molar-refractivity contribution in [3.63, 3.8) is 0 Å². The smallest absolute Gasteiger partial charge is 0.349 e. The van der Waals surface area contributed by atoms with E-state index in [1.807, 2.05) is 30.3 Å². The van der Waals surface area contributed by atoms with E-state index < -0.39 is 5.97 Å². The Balaban J connectivity index is 1.98. The molecule has 5 heteroatoms. The quantitative estimate of drug-likeness (QED) is 0.382. The summed E-state index contributed by atoms with van der Waals surface area (Å²) in [6, 6.07) is 15.3. The number of ether oxygens (including phenoxy) is 1. The highest BCUT2D eigenvalue weighted by Gasteiger charge is 2.10. The Morgan fingerprint density at radius 2 is 1.83 bits per heavy atom. The van der Waals surface area contributed by atoms with Gasteiger partial charge in [0.15, 0.2) is 11.5 Å². The number of benzene rings is 2. The molecule has 0 aromatic heterocycles. The van der Waals surface area contributed by atoms with Gasteiger partial charge in [-0.05, 0) is 35.4 Å². The average molecular weight is 321 g/mol. The van der Waals surface area contributed by atoms with Crippen LogP contribution in [0.3, 0.4) is 0 Å². The van der Waals surface area contributed by atoms with Gasteiger partial charge in [0.25, 0.3) is 0 Å². The van der Waals surface area contributed by atoms with Crippen molar-refractivity contribution in [1.82, 2.24) is 0 Å². The van der Waals surface area contributed by atoms with Gasteiger partial charge in [0.1, 0.15) is 18.2 Å². The number of aromatic hydroxyl groups is 2. The minimum Gasteiger partial charge on any atom is -0.504 e. The van der Waals surface area contributed by atoms with Crippen LogP contribution in [0.2, 0.25) is 0 Å². The van der Waals surface area contributed by atoms with E-state index in [4.69, 9.17) is 10.00 Å². The molecule has 120 valence electrons. The Bertz CT molecular complexity index is 817. The second-order valence-corrected chi connectivity index (χ2v) is 4.83. The molecule has 0 radical (unpaired) electrons. The van der Waals surface area contributed by atoms with E-state index in [2.05, 4.69) is 0 Å². The Morgan fingerprint density at radius 1 is 1.08 bits per heavy atom. The molecular formula is C19H15NO4. The molecule has 0 aliphatic heterocycles. The van der Waals surface area contributed by atoms with Crippen molar-refractivity contribution >= 4 is 18.1 Å². The van der Waals surface area contributed by atoms with Crippen LogP contribution in [0.5, 0.6) is 11.5 Å². The van der Waals surface area contributed by atoms with Crippen LogP contribution in [-0.4, -0.2) is 22.8 Å². The molecule has 5 nitrogen and oxygen atoms in total. The average Bonchev–Trinajstić information content (AvgIpc) is 2.60. The van der Waals surface area contributed by atoms with Crippen LogP contribution in [0.15, 0.2) is 60.2 Å². The highest BCUT2D eigenvalue weighted by atomic mass is 16.5. The van der Waals surface area contributed by atoms with Crippen molar-refractivity contribution in [2.45, 2.75) is 0 Å². The number of esters is 1. The van der Waals surface area contributed by atoms with Gasteiger partial charge in [-0.2, -0.15) is 5.26 Å². The van der Waals surface area contributed by atoms with E-state index in [-0.39, 0.29) is 23.7 Å². The second kappa shape index (κ2) is 8.20. The van der Waals surface area contributed by atoms with Crippen molar-refractivity contribution in [3.8, 4) is 17.6 Å². The van der Waals surface area contributed by atoms with Gasteiger partial charge in [-0.1, -0.05) is 42.5 Å². The molecule has 24 heavy (non-hydrogen) atoms. The van der Waals surface area contributed by atoms with Crippen LogP contribution >= 0.6 is 0 Å². The van der Waals surface area contributed by atoms with Crippen LogP contribution < -0.4 is 0 Å². The van der Waals surface area contributed by atoms with E-state index in [0.29, 0.717) is 5.56 Å². The number of nitrogens with zero attached hydrogens (tertiary/aromatic N) is 1. The highest BCUT2D eigenvalue weighted by molar-refractivity contribution is 5.98. The minimum atomic E-state index is -0.761. The van der Waals surface area contributed by atoms with Crippen molar-refractivity contribution in [3.05, 3.63) is 71.3 Å². The molecule has 0 spiro atoms. The van der Waals surface area contributed by atoms with Crippen molar-refractivity contribution in [2.75, 3.05) is 6.61 Å². The van der Waals surface area contributed by atoms with Gasteiger partial charge in [-0.25, -0.2) is 4.79 Å². The number of phenols is 2. The second-order valence-electron chi connectivity index (χ2n) is 4.83. The fourth-order valence-corrected chi connectivity index (χ4v) is 1.88. The van der Waals surface area contributed by atoms with Gasteiger partial charge in [-0.3, -0.25) is 0 Å². The Kier molecular flexibility index (Phi) is 5.76. The summed E-state index contributed by atoms with van der Waals surface area (Å²) in [4.78, 5) is 11.9. The highest BCUT2D eigenvalue weighted by Crippen LogP contribution is 2.25. The maximum atomic E-state index is 11.9. The summed E-state index contributed by atoms with van der Waals surface area (Å²) in [6.07, 6.45) is 4.76. The molecule has 0 saturated heterocycles. The summed E-state index contributed by atoms with van der Waals surface area (Å²) in [5, 5.41) is 27.7. The molecule has 0 atom stereocenters. The van der Waals surface area contributed by atoms with E-state index >= 15 is 0 Å². The number of hydrogen-bond donors (Lipinski definition) is 2. The molecular weight excluding hydrogens is 306 g/mol. The Hall–Kier alpha value is -3.52. The first kappa shape index (κ1) is 16.8. The number of rotatable bonds is 5. The molecule has 0 fully saturated rings. The third-order valence-corrected chi connectivity index (χ3v) is 3.07. The third kappa shape index (κ3) is 4.75. The van der Waals surface area contributed by atoms with Crippen molar-refractivity contribution < 1.29 is 19.7 Å². The van der Waals surface area contributed by atoms with Gasteiger partial charge < -0.3 is 14.9 Å². The fraction of sp³-hybridized carbons (Fsp3) is 0.0526. The first-order valence-corrected chi connectivity index (χ1v) is 7.12. The zero-order chi connectivity index (χ0) is 17.4. The molecule has 0 heterocycles. The molecule has 2 rings (SSSR count). The Labute approximate surface area is 139 Å². The molecule has 2 aromatic carbocycles. The number of carbonyl (C=O) groups is 1. The van der Waals surface area contributed by atoms with Gasteiger partial charge in [0, 0.05) is 0 Å². The third-order valence-electron chi connectivity index (χ3n) is 3.07. The van der Waals surface area contributed by atoms with E-state index in [0.717, 1.165) is 5.56 Å². The lowest BCUT2D eigenvalue weighted by molar-refractivity contribution is -0.137. The predicted octanol–water partition coefficient (Wildman–Crippen LogP) is 3.26. The van der Waals surface area contributed by atoms with Gasteiger partial charge in [0.2, 0.25) is 0 Å². The van der Waals surface area contributed by atoms with E-state index in [1.165, 1.54) is 24.3 Å². The molecule has 0 unspecified atom stereocenters. The van der Waals surface area contributed by atoms with Gasteiger partial charge in [-0.15, -0.1) is 0 Å². The normalized spacial score (nSPS) is 11.2. The maximum absolute atomic E-state index is 11.9. The lowest BCUT2D eigenvalue weighted by Gasteiger charge is -2.02. The summed E-state index contributed by atoms with van der Waals surface area (Å²) in [6.45, 7) is 0.0353. The first-order chi connectivity index (χ1) is 11.6. The minimum absolute atomic E-state index is 0.0353. The van der Waals surface area contributed by atoms with Crippen LogP contribution in [0.25, 0.3) is 12.2 Å². The summed E-state index contributed by atoms with van der Waals surface area (Å²) in [5.74, 6) is -1.37. The summed E-state index contributed by atoms with van der Waals surface area (Å²) >= 11 is 0. The molecule has 0 saturated carbocycles. The number of nitriles is 1. The number of carbonyl (C=O) groups excluding carboxylic acids is 1. The molecule has 2 N–H and O–H groups in total. The zero-order valence-corrected chi connectivity index (χ0v) is 12.7. The molecule has 0 amide bonds. The van der Waals surface area contributed by atoms with Crippen LogP contribution in [0.1, 0.15) is 11.1 Å². The van der Waals surface area contributed by atoms with Gasteiger partial charge in [0.05, 0.1) is 0 Å². The lowest BCUT2D eigenvalue weighted by Crippen LogP contribution is -2.06. The molecule has 0 aliphatic rings. The largest absolute Gasteiger partial charge is 0.504 e. The summed E-state index contributed by atoms with van der Waals surface area (Å²) in [7, 11) is 0. The summed E-state index contributed by atoms with van der Waals surface area (Å²) < 4.78 is 5.01. The number of phenolic OH excluding ortho intramolecular Hbond substituents is 2. The SMILES string of the molecule is N#C/C(=C/c1ccc(O)c(O)c1)C(=O)OC/C=C\c1ccccc1.